The van der Waals surface area contributed by atoms with Gasteiger partial charge in [-0.25, -0.2) is 4.39 Å². The van der Waals surface area contributed by atoms with E-state index in [1.807, 2.05) is 43.3 Å². The Kier molecular flexibility index (Phi) is 6.21. The van der Waals surface area contributed by atoms with Gasteiger partial charge in [-0.15, -0.1) is 0 Å². The minimum absolute atomic E-state index is 0.349. The van der Waals surface area contributed by atoms with Crippen LogP contribution in [0, 0.1) is 0 Å². The normalized spacial score (nSPS) is 17.7. The van der Waals surface area contributed by atoms with Crippen molar-refractivity contribution in [3.63, 3.8) is 0 Å². The number of rotatable bonds is 6. The molecule has 0 amide bonds. The minimum Gasteiger partial charge on any atom is -0.460 e. The van der Waals surface area contributed by atoms with Gasteiger partial charge in [-0.1, -0.05) is 31.2 Å². The first-order valence-corrected chi connectivity index (χ1v) is 8.08. The Morgan fingerprint density at radius 3 is 2.57 bits per heavy atom. The van der Waals surface area contributed by atoms with Crippen molar-refractivity contribution in [2.75, 3.05) is 6.54 Å². The maximum absolute atomic E-state index is 13.3. The summed E-state index contributed by atoms with van der Waals surface area (Å²) < 4.78 is 18.4. The second kappa shape index (κ2) is 8.37. The van der Waals surface area contributed by atoms with Gasteiger partial charge in [-0.3, -0.25) is 0 Å². The zero-order chi connectivity index (χ0) is 16.7. The van der Waals surface area contributed by atoms with Crippen molar-refractivity contribution < 1.29 is 9.13 Å². The average molecular weight is 313 g/mol. The number of likely N-dealkylation sites (N-methyl/N-ethyl adjacent to an activating group) is 1. The van der Waals surface area contributed by atoms with Crippen LogP contribution in [0.1, 0.15) is 32.8 Å². The maximum Gasteiger partial charge on any atom is 0.238 e. The Morgan fingerprint density at radius 2 is 1.96 bits per heavy atom. The number of allylic oxidation sites excluding steroid dienone is 6. The first-order valence-electron chi connectivity index (χ1n) is 8.08. The number of ether oxygens (including phenoxy) is 1. The Balaban J connectivity index is 2.20. The van der Waals surface area contributed by atoms with Gasteiger partial charge in [0.25, 0.3) is 0 Å². The predicted octanol–water partition coefficient (Wildman–Crippen LogP) is 5.46. The fourth-order valence-electron chi connectivity index (χ4n) is 2.31. The summed E-state index contributed by atoms with van der Waals surface area (Å²) in [5, 5.41) is 0. The summed E-state index contributed by atoms with van der Waals surface area (Å²) in [5.41, 5.74) is 3.37. The molecule has 1 aromatic rings. The predicted molar refractivity (Wildman–Crippen MR) is 94.7 cm³/mol. The van der Waals surface area contributed by atoms with Crippen LogP contribution >= 0.6 is 0 Å². The summed E-state index contributed by atoms with van der Waals surface area (Å²) in [5.74, 6) is 0.559. The summed E-state index contributed by atoms with van der Waals surface area (Å²) in [6, 6.07) is 7.55. The lowest BCUT2D eigenvalue weighted by molar-refractivity contribution is 0.0642. The summed E-state index contributed by atoms with van der Waals surface area (Å²) in [6.45, 7) is 6.81. The van der Waals surface area contributed by atoms with Crippen LogP contribution in [-0.2, 0) is 0 Å². The maximum atomic E-state index is 13.3. The van der Waals surface area contributed by atoms with Crippen molar-refractivity contribution in [2.24, 2.45) is 0 Å². The molecule has 2 rings (SSSR count). The van der Waals surface area contributed by atoms with Crippen molar-refractivity contribution in [3.05, 3.63) is 72.1 Å². The standard InChI is InChI=1S/C20H24FNO/c1-4-7-8-18-15-17(13-14-22(18)6-3)16-9-11-19(12-10-16)23-20(21)5-2/h4,7-15,20H,5-6H2,1-3H3/b7-4+,18-8-. The fourth-order valence-corrected chi connectivity index (χ4v) is 2.31. The van der Waals surface area contributed by atoms with E-state index >= 15 is 0 Å². The van der Waals surface area contributed by atoms with Gasteiger partial charge in [0.15, 0.2) is 0 Å². The average Bonchev–Trinajstić information content (AvgIpc) is 2.60. The Bertz CT molecular complexity index is 626. The van der Waals surface area contributed by atoms with Crippen molar-refractivity contribution in [1.29, 1.82) is 0 Å². The zero-order valence-electron chi connectivity index (χ0n) is 14.0. The molecule has 1 heterocycles. The minimum atomic E-state index is -1.25. The van der Waals surface area contributed by atoms with Gasteiger partial charge >= 0.3 is 0 Å². The number of alkyl halides is 1. The third kappa shape index (κ3) is 4.59. The molecular formula is C20H24FNO. The quantitative estimate of drug-likeness (QED) is 0.691. The van der Waals surface area contributed by atoms with Gasteiger partial charge in [-0.2, -0.15) is 0 Å². The molecule has 0 bridgehead atoms. The van der Waals surface area contributed by atoms with E-state index < -0.39 is 6.36 Å². The molecular weight excluding hydrogens is 289 g/mol. The van der Waals surface area contributed by atoms with Crippen LogP contribution in [0.5, 0.6) is 5.75 Å². The lowest BCUT2D eigenvalue weighted by Crippen LogP contribution is -2.17. The van der Waals surface area contributed by atoms with E-state index in [0.717, 1.165) is 23.4 Å². The Hall–Kier alpha value is -2.29. The van der Waals surface area contributed by atoms with Crippen molar-refractivity contribution in [1.82, 2.24) is 4.90 Å². The zero-order valence-corrected chi connectivity index (χ0v) is 14.0. The molecule has 1 aliphatic rings. The molecule has 0 saturated heterocycles. The molecule has 1 aromatic carbocycles. The van der Waals surface area contributed by atoms with Crippen LogP contribution in [0.25, 0.3) is 5.57 Å². The van der Waals surface area contributed by atoms with E-state index in [4.69, 9.17) is 4.74 Å². The van der Waals surface area contributed by atoms with E-state index in [1.165, 1.54) is 0 Å². The summed E-state index contributed by atoms with van der Waals surface area (Å²) >= 11 is 0. The molecule has 0 spiro atoms. The monoisotopic (exact) mass is 313 g/mol. The third-order valence-corrected chi connectivity index (χ3v) is 3.64. The first kappa shape index (κ1) is 17.1. The molecule has 0 saturated carbocycles. The van der Waals surface area contributed by atoms with Crippen LogP contribution in [0.2, 0.25) is 0 Å². The molecule has 122 valence electrons. The highest BCUT2D eigenvalue weighted by Gasteiger charge is 2.10. The van der Waals surface area contributed by atoms with Gasteiger partial charge in [-0.05, 0) is 55.3 Å². The largest absolute Gasteiger partial charge is 0.460 e. The summed E-state index contributed by atoms with van der Waals surface area (Å²) in [4.78, 5) is 2.19. The van der Waals surface area contributed by atoms with Crippen LogP contribution in [0.4, 0.5) is 4.39 Å². The molecule has 3 heteroatoms. The summed E-state index contributed by atoms with van der Waals surface area (Å²) in [6.07, 6.45) is 11.6. The van der Waals surface area contributed by atoms with Crippen LogP contribution < -0.4 is 4.74 Å². The highest BCUT2D eigenvalue weighted by atomic mass is 19.1. The second-order valence-electron chi connectivity index (χ2n) is 5.28. The summed E-state index contributed by atoms with van der Waals surface area (Å²) in [7, 11) is 0. The molecule has 0 aliphatic carbocycles. The van der Waals surface area contributed by atoms with Crippen molar-refractivity contribution in [3.8, 4) is 5.75 Å². The van der Waals surface area contributed by atoms with E-state index in [-0.39, 0.29) is 0 Å². The third-order valence-electron chi connectivity index (χ3n) is 3.64. The van der Waals surface area contributed by atoms with Crippen molar-refractivity contribution >= 4 is 5.57 Å². The van der Waals surface area contributed by atoms with E-state index in [2.05, 4.69) is 36.3 Å². The highest BCUT2D eigenvalue weighted by Crippen LogP contribution is 2.26. The second-order valence-corrected chi connectivity index (χ2v) is 5.28. The molecule has 1 atom stereocenters. The number of hydrogen-bond donors (Lipinski definition) is 0. The highest BCUT2D eigenvalue weighted by molar-refractivity contribution is 5.77. The van der Waals surface area contributed by atoms with Gasteiger partial charge in [0.2, 0.25) is 6.36 Å². The first-order chi connectivity index (χ1) is 11.2. The lowest BCUT2D eigenvalue weighted by atomic mass is 10.0. The van der Waals surface area contributed by atoms with Crippen LogP contribution in [0.15, 0.2) is 66.5 Å². The van der Waals surface area contributed by atoms with Gasteiger partial charge < -0.3 is 9.64 Å². The molecule has 0 aromatic heterocycles. The lowest BCUT2D eigenvalue weighted by Gasteiger charge is -2.24. The fraction of sp³-hybridized carbons (Fsp3) is 0.300. The Labute approximate surface area is 138 Å². The van der Waals surface area contributed by atoms with E-state index in [0.29, 0.717) is 12.2 Å². The number of hydrogen-bond acceptors (Lipinski definition) is 2. The van der Waals surface area contributed by atoms with Crippen molar-refractivity contribution in [2.45, 2.75) is 33.5 Å². The van der Waals surface area contributed by atoms with Gasteiger partial charge in [0.1, 0.15) is 5.75 Å². The molecule has 0 radical (unpaired) electrons. The van der Waals surface area contributed by atoms with Gasteiger partial charge in [0.05, 0.1) is 0 Å². The SMILES string of the molecule is C/C=C/C=C1/C=C(c2ccc(OC(F)CC)cc2)C=CN1CC. The molecule has 0 N–H and O–H groups in total. The molecule has 1 unspecified atom stereocenters. The number of halogens is 1. The van der Waals surface area contributed by atoms with Crippen LogP contribution in [-0.4, -0.2) is 17.8 Å². The molecule has 0 fully saturated rings. The molecule has 1 aliphatic heterocycles. The van der Waals surface area contributed by atoms with E-state index in [1.54, 1.807) is 6.92 Å². The number of nitrogens with zero attached hydrogens (tertiary/aromatic N) is 1. The number of benzene rings is 1. The smallest absolute Gasteiger partial charge is 0.238 e. The Morgan fingerprint density at radius 1 is 1.22 bits per heavy atom. The molecule has 2 nitrogen and oxygen atoms in total. The van der Waals surface area contributed by atoms with Gasteiger partial charge in [0, 0.05) is 24.9 Å². The van der Waals surface area contributed by atoms with E-state index in [9.17, 15) is 4.39 Å². The van der Waals surface area contributed by atoms with Crippen LogP contribution in [0.3, 0.4) is 0 Å². The molecule has 23 heavy (non-hydrogen) atoms. The topological polar surface area (TPSA) is 12.5 Å².